The van der Waals surface area contributed by atoms with E-state index in [1.165, 1.54) is 17.0 Å². The minimum atomic E-state index is -0.694. The molecule has 39 heavy (non-hydrogen) atoms. The lowest BCUT2D eigenvalue weighted by Gasteiger charge is -2.43. The molecule has 0 saturated carbocycles. The number of nitrogens with zero attached hydrogens (tertiary/aromatic N) is 2. The van der Waals surface area contributed by atoms with Crippen molar-refractivity contribution in [2.75, 3.05) is 22.9 Å². The van der Waals surface area contributed by atoms with Crippen molar-refractivity contribution >= 4 is 34.9 Å². The lowest BCUT2D eigenvalue weighted by molar-refractivity contribution is -0.150. The summed E-state index contributed by atoms with van der Waals surface area (Å²) in [4.78, 5) is 45.5. The van der Waals surface area contributed by atoms with Gasteiger partial charge in [0.2, 0.25) is 17.7 Å². The monoisotopic (exact) mass is 527 g/mol. The van der Waals surface area contributed by atoms with Crippen molar-refractivity contribution < 1.29 is 18.8 Å². The molecule has 2 atom stereocenters. The van der Waals surface area contributed by atoms with Crippen molar-refractivity contribution in [3.05, 3.63) is 82.8 Å². The van der Waals surface area contributed by atoms with E-state index >= 15 is 0 Å². The van der Waals surface area contributed by atoms with Crippen molar-refractivity contribution in [3.63, 3.8) is 0 Å². The Hall–Kier alpha value is -4.27. The Balaban J connectivity index is 1.22. The number of rotatable bonds is 4. The van der Waals surface area contributed by atoms with Crippen molar-refractivity contribution in [2.45, 2.75) is 51.0 Å². The minimum absolute atomic E-state index is 0.0618. The number of halogens is 1. The molecule has 3 heterocycles. The van der Waals surface area contributed by atoms with E-state index in [1.807, 2.05) is 44.2 Å². The lowest BCUT2D eigenvalue weighted by atomic mass is 9.78. The normalized spacial score (nSPS) is 22.9. The average molecular weight is 528 g/mol. The van der Waals surface area contributed by atoms with Gasteiger partial charge in [0.15, 0.2) is 0 Å². The van der Waals surface area contributed by atoms with Gasteiger partial charge in [-0.1, -0.05) is 26.0 Å². The number of nitrogen functional groups attached to an aromatic ring is 1. The van der Waals surface area contributed by atoms with Crippen LogP contribution in [0.25, 0.3) is 0 Å². The summed E-state index contributed by atoms with van der Waals surface area (Å²) in [5.74, 6) is -0.443. The number of nitrogens with two attached hydrogens (primary N) is 1. The van der Waals surface area contributed by atoms with Gasteiger partial charge in [0.25, 0.3) is 0 Å². The van der Waals surface area contributed by atoms with E-state index in [-0.39, 0.29) is 30.0 Å². The highest BCUT2D eigenvalue weighted by Gasteiger charge is 2.51. The lowest BCUT2D eigenvalue weighted by Crippen LogP contribution is -2.50. The summed E-state index contributed by atoms with van der Waals surface area (Å²) in [7, 11) is 0. The molecule has 0 bridgehead atoms. The van der Waals surface area contributed by atoms with Gasteiger partial charge in [-0.2, -0.15) is 0 Å². The van der Waals surface area contributed by atoms with Gasteiger partial charge < -0.3 is 21.3 Å². The van der Waals surface area contributed by atoms with Crippen molar-refractivity contribution in [1.82, 2.24) is 9.88 Å². The summed E-state index contributed by atoms with van der Waals surface area (Å²) in [5.41, 5.74) is 8.93. The number of likely N-dealkylation sites (tertiary alicyclic amines) is 1. The van der Waals surface area contributed by atoms with Gasteiger partial charge in [0.05, 0.1) is 11.5 Å². The summed E-state index contributed by atoms with van der Waals surface area (Å²) in [6.07, 6.45) is 3.95. The Morgan fingerprint density at radius 2 is 1.95 bits per heavy atom. The fourth-order valence-electron chi connectivity index (χ4n) is 6.35. The molecule has 1 aliphatic carbocycles. The van der Waals surface area contributed by atoms with Gasteiger partial charge in [0.1, 0.15) is 18.2 Å². The number of anilines is 3. The second kappa shape index (κ2) is 8.90. The number of benzene rings is 2. The van der Waals surface area contributed by atoms with Crippen LogP contribution in [-0.4, -0.2) is 34.2 Å². The minimum Gasteiger partial charge on any atom is -0.399 e. The first kappa shape index (κ1) is 25.0. The number of carbonyl (C=O) groups is 3. The highest BCUT2D eigenvalue weighted by atomic mass is 19.1. The number of nitrogens with one attached hydrogen (secondary N) is 2. The Bertz CT molecular complexity index is 1520. The largest absolute Gasteiger partial charge is 0.399 e. The van der Waals surface area contributed by atoms with Gasteiger partial charge in [-0.25, -0.2) is 9.37 Å². The van der Waals surface area contributed by atoms with Crippen LogP contribution in [0.5, 0.6) is 0 Å². The molecule has 8 nitrogen and oxygen atoms in total. The summed E-state index contributed by atoms with van der Waals surface area (Å²) in [5, 5.41) is 5.83. The van der Waals surface area contributed by atoms with Gasteiger partial charge in [0, 0.05) is 28.6 Å². The standard InChI is InChI=1S/C30H30FN5O3/c1-29(2)8-7-24(18-10-20(31)13-21(32)11-18)36(28(29)39)16-25(37)34-22-6-5-17-14-30(15-19(17)12-22)23-4-3-9-33-26(23)35-27(30)38/h3-6,9-13,24H,7-8,14-16,32H2,1-2H3,(H,34,37)(H,33,35,38). The molecule has 6 rings (SSSR count). The van der Waals surface area contributed by atoms with Crippen LogP contribution in [0.4, 0.5) is 21.6 Å². The van der Waals surface area contributed by atoms with Crippen LogP contribution in [0.2, 0.25) is 0 Å². The van der Waals surface area contributed by atoms with Gasteiger partial charge in [-0.3, -0.25) is 14.4 Å². The summed E-state index contributed by atoms with van der Waals surface area (Å²) >= 11 is 0. The average Bonchev–Trinajstić information content (AvgIpc) is 3.38. The van der Waals surface area contributed by atoms with Crippen molar-refractivity contribution in [1.29, 1.82) is 0 Å². The molecule has 1 fully saturated rings. The fourth-order valence-corrected chi connectivity index (χ4v) is 6.35. The molecule has 1 spiro atoms. The summed E-state index contributed by atoms with van der Waals surface area (Å²) < 4.78 is 14.1. The molecule has 1 aromatic heterocycles. The fraction of sp³-hybridized carbons (Fsp3) is 0.333. The second-order valence-electron chi connectivity index (χ2n) is 11.5. The van der Waals surface area contributed by atoms with Crippen LogP contribution < -0.4 is 16.4 Å². The number of aromatic nitrogens is 1. The first-order valence-electron chi connectivity index (χ1n) is 13.1. The highest BCUT2D eigenvalue weighted by Crippen LogP contribution is 2.47. The number of fused-ring (bicyclic) bond motifs is 3. The molecule has 9 heteroatoms. The Morgan fingerprint density at radius 3 is 2.74 bits per heavy atom. The van der Waals surface area contributed by atoms with Gasteiger partial charge in [-0.15, -0.1) is 0 Å². The zero-order valence-electron chi connectivity index (χ0n) is 21.9. The molecule has 3 aromatic rings. The predicted molar refractivity (Wildman–Crippen MR) is 145 cm³/mol. The van der Waals surface area contributed by atoms with E-state index in [2.05, 4.69) is 15.6 Å². The van der Waals surface area contributed by atoms with Crippen LogP contribution >= 0.6 is 0 Å². The second-order valence-corrected chi connectivity index (χ2v) is 11.5. The smallest absolute Gasteiger partial charge is 0.244 e. The quantitative estimate of drug-likeness (QED) is 0.441. The van der Waals surface area contributed by atoms with Crippen molar-refractivity contribution in [3.8, 4) is 0 Å². The number of carbonyl (C=O) groups excluding carboxylic acids is 3. The molecular formula is C30H30FN5O3. The van der Waals surface area contributed by atoms with Crippen LogP contribution in [0.1, 0.15) is 55.0 Å². The maximum Gasteiger partial charge on any atom is 0.244 e. The Morgan fingerprint density at radius 1 is 1.15 bits per heavy atom. The first-order valence-corrected chi connectivity index (χ1v) is 13.1. The topological polar surface area (TPSA) is 117 Å². The molecule has 2 unspecified atom stereocenters. The van der Waals surface area contributed by atoms with E-state index < -0.39 is 22.7 Å². The molecule has 3 amide bonds. The third kappa shape index (κ3) is 4.22. The Labute approximate surface area is 225 Å². The molecular weight excluding hydrogens is 497 g/mol. The zero-order chi connectivity index (χ0) is 27.5. The zero-order valence-corrected chi connectivity index (χ0v) is 21.9. The maximum atomic E-state index is 14.1. The predicted octanol–water partition coefficient (Wildman–Crippen LogP) is 4.12. The first-order chi connectivity index (χ1) is 18.6. The summed E-state index contributed by atoms with van der Waals surface area (Å²) in [6, 6.07) is 13.2. The van der Waals surface area contributed by atoms with Crippen molar-refractivity contribution in [2.24, 2.45) is 5.41 Å². The van der Waals surface area contributed by atoms with Gasteiger partial charge in [-0.05, 0) is 78.8 Å². The molecule has 2 aliphatic heterocycles. The molecule has 0 radical (unpaired) electrons. The van der Waals surface area contributed by atoms with E-state index in [9.17, 15) is 18.8 Å². The molecule has 3 aliphatic rings. The molecule has 200 valence electrons. The third-order valence-corrected chi connectivity index (χ3v) is 8.36. The SMILES string of the molecule is CC1(C)CCC(c2cc(N)cc(F)c2)N(CC(=O)Nc2ccc3c(c2)CC2(C3)C(=O)Nc3ncccc32)C1=O. The maximum absolute atomic E-state index is 14.1. The summed E-state index contributed by atoms with van der Waals surface area (Å²) in [6.45, 7) is 3.55. The highest BCUT2D eigenvalue weighted by molar-refractivity contribution is 6.06. The molecule has 2 aromatic carbocycles. The van der Waals surface area contributed by atoms with Gasteiger partial charge >= 0.3 is 0 Å². The van der Waals surface area contributed by atoms with Crippen LogP contribution in [0.3, 0.4) is 0 Å². The van der Waals surface area contributed by atoms with E-state index in [1.54, 1.807) is 12.3 Å². The molecule has 4 N–H and O–H groups in total. The third-order valence-electron chi connectivity index (χ3n) is 8.36. The van der Waals surface area contributed by atoms with Crippen LogP contribution in [0.15, 0.2) is 54.7 Å². The van der Waals surface area contributed by atoms with E-state index in [0.717, 1.165) is 16.7 Å². The molecule has 1 saturated heterocycles. The number of amides is 3. The van der Waals surface area contributed by atoms with E-state index in [4.69, 9.17) is 5.73 Å². The number of hydrogen-bond acceptors (Lipinski definition) is 5. The number of piperidine rings is 1. The van der Waals surface area contributed by atoms with Crippen LogP contribution in [-0.2, 0) is 32.6 Å². The number of pyridine rings is 1. The Kier molecular flexibility index (Phi) is 5.71. The van der Waals surface area contributed by atoms with E-state index in [0.29, 0.717) is 42.8 Å². The van der Waals surface area contributed by atoms with Crippen LogP contribution in [0, 0.1) is 11.2 Å². The number of hydrogen-bond donors (Lipinski definition) is 3.